The number of ether oxygens (including phenoxy) is 2. The van der Waals surface area contributed by atoms with Gasteiger partial charge < -0.3 is 14.8 Å². The minimum atomic E-state index is -0.405. The maximum atomic E-state index is 13.2. The molecule has 1 aliphatic carbocycles. The lowest BCUT2D eigenvalue weighted by Gasteiger charge is -2.12. The third kappa shape index (κ3) is 4.10. The highest BCUT2D eigenvalue weighted by Crippen LogP contribution is 2.39. The Balaban J connectivity index is 1.70. The van der Waals surface area contributed by atoms with Gasteiger partial charge in [-0.3, -0.25) is 14.2 Å². The van der Waals surface area contributed by atoms with Gasteiger partial charge >= 0.3 is 5.97 Å². The summed E-state index contributed by atoms with van der Waals surface area (Å²) in [6.45, 7) is 4.57. The molecule has 1 N–H and O–H groups in total. The van der Waals surface area contributed by atoms with Crippen LogP contribution in [0.1, 0.15) is 55.8 Å². The summed E-state index contributed by atoms with van der Waals surface area (Å²) in [5.74, 6) is -0.754. The van der Waals surface area contributed by atoms with Gasteiger partial charge in [0.25, 0.3) is 11.5 Å². The number of nitrogens with zero attached hydrogens (tertiary/aromatic N) is 2. The lowest BCUT2D eigenvalue weighted by molar-refractivity contribution is 0.0526. The van der Waals surface area contributed by atoms with Crippen LogP contribution in [0, 0.1) is 6.92 Å². The second-order valence-corrected chi connectivity index (χ2v) is 9.67. The van der Waals surface area contributed by atoms with Crippen LogP contribution in [0.4, 0.5) is 5.00 Å². The van der Waals surface area contributed by atoms with E-state index in [9.17, 15) is 14.4 Å². The van der Waals surface area contributed by atoms with E-state index in [1.807, 2.05) is 0 Å². The normalized spacial score (nSPS) is 13.2. The van der Waals surface area contributed by atoms with Gasteiger partial charge in [0.05, 0.1) is 41.9 Å². The van der Waals surface area contributed by atoms with Crippen LogP contribution in [0.2, 0.25) is 0 Å². The average molecular weight is 476 g/mol. The van der Waals surface area contributed by atoms with Gasteiger partial charge in [0.15, 0.2) is 0 Å². The molecule has 0 saturated carbocycles. The molecule has 4 rings (SSSR count). The van der Waals surface area contributed by atoms with E-state index in [0.29, 0.717) is 44.4 Å². The Morgan fingerprint density at radius 3 is 2.78 bits per heavy atom. The van der Waals surface area contributed by atoms with Crippen LogP contribution >= 0.6 is 22.7 Å². The molecular weight excluding hydrogens is 450 g/mol. The summed E-state index contributed by atoms with van der Waals surface area (Å²) in [6, 6.07) is 0. The van der Waals surface area contributed by atoms with Crippen molar-refractivity contribution in [2.75, 3.05) is 25.6 Å². The van der Waals surface area contributed by atoms with Gasteiger partial charge in [-0.2, -0.15) is 0 Å². The van der Waals surface area contributed by atoms with E-state index in [-0.39, 0.29) is 18.1 Å². The van der Waals surface area contributed by atoms with E-state index >= 15 is 0 Å². The molecule has 170 valence electrons. The van der Waals surface area contributed by atoms with Crippen molar-refractivity contribution in [2.45, 2.75) is 46.1 Å². The summed E-state index contributed by atoms with van der Waals surface area (Å²) >= 11 is 2.62. The summed E-state index contributed by atoms with van der Waals surface area (Å²) in [5, 5.41) is 3.88. The SMILES string of the molecule is CCOC(=O)c1c(NC(=O)c2sc3ncn(CCOC)c(=O)c3c2C)sc2c1CCCC2. The van der Waals surface area contributed by atoms with E-state index in [2.05, 4.69) is 10.3 Å². The third-order valence-electron chi connectivity index (χ3n) is 5.54. The van der Waals surface area contributed by atoms with Crippen molar-refractivity contribution in [1.29, 1.82) is 0 Å². The third-order valence-corrected chi connectivity index (χ3v) is 7.94. The fourth-order valence-corrected chi connectivity index (χ4v) is 6.26. The highest BCUT2D eigenvalue weighted by atomic mass is 32.1. The Kier molecular flexibility index (Phi) is 6.73. The largest absolute Gasteiger partial charge is 0.462 e. The first-order valence-electron chi connectivity index (χ1n) is 10.6. The van der Waals surface area contributed by atoms with Crippen molar-refractivity contribution in [1.82, 2.24) is 9.55 Å². The summed E-state index contributed by atoms with van der Waals surface area (Å²) in [7, 11) is 1.57. The molecule has 0 radical (unpaired) electrons. The Morgan fingerprint density at radius 2 is 2.03 bits per heavy atom. The molecule has 0 saturated heterocycles. The number of aromatic nitrogens is 2. The molecular formula is C22H25N3O5S2. The van der Waals surface area contributed by atoms with Gasteiger partial charge in [0.2, 0.25) is 0 Å². The first-order valence-corrected chi connectivity index (χ1v) is 12.2. The van der Waals surface area contributed by atoms with Gasteiger partial charge in [-0.15, -0.1) is 22.7 Å². The molecule has 0 bridgehead atoms. The van der Waals surface area contributed by atoms with Gasteiger partial charge in [0.1, 0.15) is 9.83 Å². The number of aryl methyl sites for hydroxylation is 2. The molecule has 3 heterocycles. The number of fused-ring (bicyclic) bond motifs is 2. The molecule has 32 heavy (non-hydrogen) atoms. The van der Waals surface area contributed by atoms with Crippen molar-refractivity contribution in [2.24, 2.45) is 0 Å². The highest BCUT2D eigenvalue weighted by Gasteiger charge is 2.28. The first kappa shape index (κ1) is 22.6. The molecule has 1 amide bonds. The zero-order chi connectivity index (χ0) is 22.8. The van der Waals surface area contributed by atoms with Crippen molar-refractivity contribution >= 4 is 49.8 Å². The van der Waals surface area contributed by atoms with Crippen LogP contribution in [0.3, 0.4) is 0 Å². The number of esters is 1. The van der Waals surface area contributed by atoms with E-state index in [0.717, 1.165) is 36.1 Å². The lowest BCUT2D eigenvalue weighted by atomic mass is 9.95. The van der Waals surface area contributed by atoms with E-state index in [4.69, 9.17) is 9.47 Å². The fraction of sp³-hybridized carbons (Fsp3) is 0.455. The maximum Gasteiger partial charge on any atom is 0.341 e. The molecule has 1 aliphatic rings. The molecule has 3 aromatic heterocycles. The number of nitrogens with one attached hydrogen (secondary N) is 1. The minimum absolute atomic E-state index is 0.196. The van der Waals surface area contributed by atoms with Crippen LogP contribution in [-0.4, -0.2) is 41.8 Å². The number of carbonyl (C=O) groups excluding carboxylic acids is 2. The summed E-state index contributed by atoms with van der Waals surface area (Å²) in [6.07, 6.45) is 5.27. The van der Waals surface area contributed by atoms with Crippen molar-refractivity contribution in [3.8, 4) is 0 Å². The average Bonchev–Trinajstić information content (AvgIpc) is 3.31. The predicted octanol–water partition coefficient (Wildman–Crippen LogP) is 3.78. The zero-order valence-corrected chi connectivity index (χ0v) is 19.9. The van der Waals surface area contributed by atoms with Gasteiger partial charge in [0, 0.05) is 12.0 Å². The van der Waals surface area contributed by atoms with Crippen molar-refractivity contribution in [3.63, 3.8) is 0 Å². The number of anilines is 1. The zero-order valence-electron chi connectivity index (χ0n) is 18.3. The number of methoxy groups -OCH3 is 1. The summed E-state index contributed by atoms with van der Waals surface area (Å²) < 4.78 is 11.8. The van der Waals surface area contributed by atoms with Crippen LogP contribution in [0.5, 0.6) is 0 Å². The number of hydrogen-bond donors (Lipinski definition) is 1. The fourth-order valence-electron chi connectivity index (χ4n) is 3.96. The molecule has 3 aromatic rings. The highest BCUT2D eigenvalue weighted by molar-refractivity contribution is 7.21. The molecule has 0 aliphatic heterocycles. The van der Waals surface area contributed by atoms with Gasteiger partial charge in [-0.05, 0) is 50.7 Å². The molecule has 0 aromatic carbocycles. The van der Waals surface area contributed by atoms with Crippen molar-refractivity contribution in [3.05, 3.63) is 43.1 Å². The van der Waals surface area contributed by atoms with Gasteiger partial charge in [-0.1, -0.05) is 0 Å². The van der Waals surface area contributed by atoms with Crippen LogP contribution in [0.15, 0.2) is 11.1 Å². The monoisotopic (exact) mass is 475 g/mol. The predicted molar refractivity (Wildman–Crippen MR) is 125 cm³/mol. The molecule has 8 nitrogen and oxygen atoms in total. The number of amides is 1. The first-order chi connectivity index (χ1) is 15.5. The smallest absolute Gasteiger partial charge is 0.341 e. The second kappa shape index (κ2) is 9.51. The lowest BCUT2D eigenvalue weighted by Crippen LogP contribution is -2.22. The minimum Gasteiger partial charge on any atom is -0.462 e. The van der Waals surface area contributed by atoms with E-state index < -0.39 is 5.97 Å². The Labute approximate surface area is 193 Å². The molecule has 0 atom stereocenters. The standard InChI is InChI=1S/C22H25N3O5S2/c1-4-30-22(28)16-13-7-5-6-8-14(13)31-20(16)24-18(26)17-12(2)15-19(32-17)23-11-25(21(15)27)9-10-29-3/h11H,4-10H2,1-3H3,(H,24,26). The van der Waals surface area contributed by atoms with E-state index in [1.165, 1.54) is 33.6 Å². The summed E-state index contributed by atoms with van der Waals surface area (Å²) in [5.41, 5.74) is 1.86. The molecule has 10 heteroatoms. The molecule has 0 unspecified atom stereocenters. The van der Waals surface area contributed by atoms with Crippen molar-refractivity contribution < 1.29 is 19.1 Å². The van der Waals surface area contributed by atoms with E-state index in [1.54, 1.807) is 21.0 Å². The van der Waals surface area contributed by atoms with Crippen LogP contribution in [0.25, 0.3) is 10.2 Å². The second-order valence-electron chi connectivity index (χ2n) is 7.56. The number of thiophene rings is 2. The molecule has 0 fully saturated rings. The Bertz CT molecular complexity index is 1240. The Hall–Kier alpha value is -2.56. The summed E-state index contributed by atoms with van der Waals surface area (Å²) in [4.78, 5) is 45.2. The molecule has 0 spiro atoms. The van der Waals surface area contributed by atoms with Crippen LogP contribution in [-0.2, 0) is 28.9 Å². The maximum absolute atomic E-state index is 13.2. The quantitative estimate of drug-likeness (QED) is 0.522. The Morgan fingerprint density at radius 1 is 1.25 bits per heavy atom. The number of rotatable bonds is 7. The number of carbonyl (C=O) groups is 2. The van der Waals surface area contributed by atoms with Gasteiger partial charge in [-0.25, -0.2) is 9.78 Å². The number of hydrogen-bond acceptors (Lipinski definition) is 8. The van der Waals surface area contributed by atoms with Crippen LogP contribution < -0.4 is 10.9 Å². The topological polar surface area (TPSA) is 99.5 Å².